The van der Waals surface area contributed by atoms with E-state index in [2.05, 4.69) is 16.3 Å². The van der Waals surface area contributed by atoms with Gasteiger partial charge in [0.15, 0.2) is 5.78 Å². The minimum atomic E-state index is -0.475. The molecule has 0 aliphatic carbocycles. The summed E-state index contributed by atoms with van der Waals surface area (Å²) in [6.45, 7) is 4.90. The van der Waals surface area contributed by atoms with Crippen LogP contribution in [-0.4, -0.2) is 58.5 Å². The Kier molecular flexibility index (Phi) is 21.9. The Morgan fingerprint density at radius 3 is 1.29 bits per heavy atom. The third kappa shape index (κ3) is 19.3. The zero-order chi connectivity index (χ0) is 45.7. The lowest BCUT2D eigenvalue weighted by molar-refractivity contribution is 0.0496. The highest BCUT2D eigenvalue weighted by Gasteiger charge is 2.13. The van der Waals surface area contributed by atoms with Crippen molar-refractivity contribution in [2.45, 2.75) is 84.0 Å². The molecule has 5 aromatic rings. The lowest BCUT2D eigenvalue weighted by Crippen LogP contribution is -2.09. The summed E-state index contributed by atoms with van der Waals surface area (Å²) in [5, 5.41) is 17.4. The Hall–Kier alpha value is -6.71. The van der Waals surface area contributed by atoms with Crippen LogP contribution in [0.15, 0.2) is 125 Å². The molecular formula is C53H61N3O9. The highest BCUT2D eigenvalue weighted by atomic mass is 16.5. The molecule has 0 aliphatic rings. The topological polar surface area (TPSA) is 147 Å². The van der Waals surface area contributed by atoms with Gasteiger partial charge in [-0.1, -0.05) is 6.42 Å². The molecule has 0 atom stereocenters. The SMILES string of the molecule is COCCCCCCOc1ccc(Oc2ccc(OCCCCCCOC(=O)c3cc(OCCCCCCOc4ccc(N=Nc5ccc(C#N)cc5)cc4)cc(C(C)=O)c3)cc2)cc1. The Morgan fingerprint density at radius 2 is 0.846 bits per heavy atom. The van der Waals surface area contributed by atoms with Gasteiger partial charge in [0.05, 0.1) is 61.6 Å². The first-order chi connectivity index (χ1) is 31.9. The molecule has 5 aromatic carbocycles. The van der Waals surface area contributed by atoms with Crippen LogP contribution in [0.2, 0.25) is 0 Å². The Labute approximate surface area is 383 Å². The molecule has 0 spiro atoms. The average molecular weight is 884 g/mol. The largest absolute Gasteiger partial charge is 0.494 e. The van der Waals surface area contributed by atoms with Crippen molar-refractivity contribution >= 4 is 23.1 Å². The fourth-order valence-electron chi connectivity index (χ4n) is 6.50. The smallest absolute Gasteiger partial charge is 0.338 e. The molecule has 0 fully saturated rings. The van der Waals surface area contributed by atoms with Crippen molar-refractivity contribution in [1.29, 1.82) is 5.26 Å². The Morgan fingerprint density at radius 1 is 0.462 bits per heavy atom. The molecule has 342 valence electrons. The summed E-state index contributed by atoms with van der Waals surface area (Å²) in [4.78, 5) is 25.2. The van der Waals surface area contributed by atoms with Gasteiger partial charge in [0.1, 0.15) is 34.5 Å². The van der Waals surface area contributed by atoms with Gasteiger partial charge >= 0.3 is 5.97 Å². The predicted octanol–water partition coefficient (Wildman–Crippen LogP) is 13.4. The maximum absolute atomic E-state index is 12.9. The summed E-state index contributed by atoms with van der Waals surface area (Å²) in [6.07, 6.45) is 11.4. The van der Waals surface area contributed by atoms with Gasteiger partial charge < -0.3 is 33.2 Å². The predicted molar refractivity (Wildman–Crippen MR) is 251 cm³/mol. The number of Topliss-reactive ketones (excluding diaryl/α,β-unsaturated/α-hetero) is 1. The molecule has 0 amide bonds. The highest BCUT2D eigenvalue weighted by molar-refractivity contribution is 5.98. The number of ether oxygens (including phenoxy) is 7. The number of nitrogens with zero attached hydrogens (tertiary/aromatic N) is 3. The number of esters is 1. The number of methoxy groups -OCH3 is 1. The average Bonchev–Trinajstić information content (AvgIpc) is 3.33. The summed E-state index contributed by atoms with van der Waals surface area (Å²) in [5.41, 5.74) is 2.67. The normalized spacial score (nSPS) is 10.9. The van der Waals surface area contributed by atoms with Crippen molar-refractivity contribution in [1.82, 2.24) is 0 Å². The molecule has 0 N–H and O–H groups in total. The lowest BCUT2D eigenvalue weighted by atomic mass is 10.1. The molecule has 12 heteroatoms. The first kappa shape index (κ1) is 49.3. The maximum atomic E-state index is 12.9. The third-order valence-electron chi connectivity index (χ3n) is 10.2. The van der Waals surface area contributed by atoms with Crippen LogP contribution in [-0.2, 0) is 9.47 Å². The van der Waals surface area contributed by atoms with Crippen LogP contribution >= 0.6 is 0 Å². The zero-order valence-corrected chi connectivity index (χ0v) is 37.7. The van der Waals surface area contributed by atoms with E-state index in [1.165, 1.54) is 6.92 Å². The van der Waals surface area contributed by atoms with Gasteiger partial charge in [0.25, 0.3) is 0 Å². The lowest BCUT2D eigenvalue weighted by Gasteiger charge is -2.11. The quantitative estimate of drug-likeness (QED) is 0.0182. The van der Waals surface area contributed by atoms with E-state index in [0.29, 0.717) is 60.2 Å². The molecule has 0 saturated carbocycles. The van der Waals surface area contributed by atoms with Gasteiger partial charge in [-0.2, -0.15) is 15.5 Å². The summed E-state index contributed by atoms with van der Waals surface area (Å²) in [7, 11) is 1.73. The second-order valence-electron chi connectivity index (χ2n) is 15.5. The van der Waals surface area contributed by atoms with Crippen LogP contribution in [0.3, 0.4) is 0 Å². The molecular weight excluding hydrogens is 823 g/mol. The first-order valence-corrected chi connectivity index (χ1v) is 22.6. The van der Waals surface area contributed by atoms with Gasteiger partial charge in [-0.15, -0.1) is 0 Å². The van der Waals surface area contributed by atoms with Gasteiger partial charge in [-0.3, -0.25) is 4.79 Å². The summed E-state index contributed by atoms with van der Waals surface area (Å²) in [6, 6.07) is 36.5. The number of benzene rings is 5. The molecule has 0 radical (unpaired) electrons. The molecule has 5 rings (SSSR count). The number of ketones is 1. The van der Waals surface area contributed by atoms with E-state index < -0.39 is 5.97 Å². The van der Waals surface area contributed by atoms with Gasteiger partial charge in [0.2, 0.25) is 0 Å². The third-order valence-corrected chi connectivity index (χ3v) is 10.2. The van der Waals surface area contributed by atoms with Crippen molar-refractivity contribution in [2.75, 3.05) is 46.8 Å². The Balaban J connectivity index is 0.887. The number of unbranched alkanes of at least 4 members (excludes halogenated alkanes) is 9. The number of azo groups is 1. The van der Waals surface area contributed by atoms with Crippen LogP contribution in [0.25, 0.3) is 0 Å². The molecule has 0 saturated heterocycles. The van der Waals surface area contributed by atoms with E-state index in [9.17, 15) is 9.59 Å². The summed E-state index contributed by atoms with van der Waals surface area (Å²) < 4.78 is 40.2. The second kappa shape index (κ2) is 28.9. The van der Waals surface area contributed by atoms with Crippen LogP contribution in [0.1, 0.15) is 110 Å². The standard InChI is InChI=1S/C53H61N3O9/c1-41(57)43-37-44(39-52(38-43)63-35-13-6-5-11-32-60-47-21-19-46(20-22-47)56-55-45-17-15-42(40-54)16-18-45)53(58)64-36-14-8-7-12-34-62-49-25-29-51(30-26-49)65-50-27-23-48(24-28-50)61-33-10-4-3-9-31-59-2/h15-30,37-39H,3-14,31-36H2,1-2H3. The van der Waals surface area contributed by atoms with Crippen LogP contribution in [0.5, 0.6) is 34.5 Å². The maximum Gasteiger partial charge on any atom is 0.338 e. The van der Waals surface area contributed by atoms with Crippen molar-refractivity contribution < 1.29 is 42.7 Å². The number of rotatable bonds is 31. The molecule has 0 bridgehead atoms. The molecule has 0 heterocycles. The summed E-state index contributed by atoms with van der Waals surface area (Å²) in [5.74, 6) is 3.68. The van der Waals surface area contributed by atoms with E-state index in [0.717, 1.165) is 112 Å². The molecule has 65 heavy (non-hydrogen) atoms. The molecule has 12 nitrogen and oxygen atoms in total. The van der Waals surface area contributed by atoms with E-state index in [-0.39, 0.29) is 12.4 Å². The van der Waals surface area contributed by atoms with Crippen molar-refractivity contribution in [2.24, 2.45) is 10.2 Å². The fraction of sp³-hybridized carbons (Fsp3) is 0.377. The summed E-state index contributed by atoms with van der Waals surface area (Å²) >= 11 is 0. The van der Waals surface area contributed by atoms with E-state index in [4.69, 9.17) is 38.4 Å². The van der Waals surface area contributed by atoms with Gasteiger partial charge in [0, 0.05) is 19.3 Å². The van der Waals surface area contributed by atoms with E-state index in [1.807, 2.05) is 72.8 Å². The van der Waals surface area contributed by atoms with Gasteiger partial charge in [-0.25, -0.2) is 4.79 Å². The zero-order valence-electron chi connectivity index (χ0n) is 37.7. The fourth-order valence-corrected chi connectivity index (χ4v) is 6.50. The Bertz CT molecular complexity index is 2220. The second-order valence-corrected chi connectivity index (χ2v) is 15.5. The minimum Gasteiger partial charge on any atom is -0.494 e. The molecule has 0 unspecified atom stereocenters. The highest BCUT2D eigenvalue weighted by Crippen LogP contribution is 2.27. The first-order valence-electron chi connectivity index (χ1n) is 22.6. The minimum absolute atomic E-state index is 0.152. The van der Waals surface area contributed by atoms with Crippen molar-refractivity contribution in [3.8, 4) is 40.6 Å². The van der Waals surface area contributed by atoms with Crippen LogP contribution < -0.4 is 23.7 Å². The monoisotopic (exact) mass is 883 g/mol. The van der Waals surface area contributed by atoms with Crippen molar-refractivity contribution in [3.63, 3.8) is 0 Å². The van der Waals surface area contributed by atoms with E-state index >= 15 is 0 Å². The molecule has 0 aromatic heterocycles. The van der Waals surface area contributed by atoms with Crippen molar-refractivity contribution in [3.05, 3.63) is 132 Å². The number of nitriles is 1. The van der Waals surface area contributed by atoms with E-state index in [1.54, 1.807) is 49.6 Å². The number of carbonyl (C=O) groups is 2. The van der Waals surface area contributed by atoms with Crippen LogP contribution in [0, 0.1) is 11.3 Å². The number of carbonyl (C=O) groups excluding carboxylic acids is 2. The molecule has 0 aliphatic heterocycles. The number of hydrogen-bond donors (Lipinski definition) is 0. The number of hydrogen-bond acceptors (Lipinski definition) is 12. The van der Waals surface area contributed by atoms with Crippen LogP contribution in [0.4, 0.5) is 11.4 Å². The van der Waals surface area contributed by atoms with Gasteiger partial charge in [-0.05, 0) is 193 Å².